The Morgan fingerprint density at radius 3 is 2.56 bits per heavy atom. The fourth-order valence-electron chi connectivity index (χ4n) is 1.42. The lowest BCUT2D eigenvalue weighted by atomic mass is 10.2. The fraction of sp³-hybridized carbons (Fsp3) is 0.200. The van der Waals surface area contributed by atoms with Crippen LogP contribution in [-0.4, -0.2) is 9.38 Å². The highest BCUT2D eigenvalue weighted by Gasteiger charge is 2.36. The molecule has 0 spiro atoms. The van der Waals surface area contributed by atoms with E-state index in [1.54, 1.807) is 0 Å². The van der Waals surface area contributed by atoms with Gasteiger partial charge >= 0.3 is 6.18 Å². The molecule has 18 heavy (non-hydrogen) atoms. The number of nitrogens with zero attached hydrogens (tertiary/aromatic N) is 2. The molecule has 0 aliphatic carbocycles. The molecule has 0 radical (unpaired) electrons. The largest absolute Gasteiger partial charge is 0.434 e. The van der Waals surface area contributed by atoms with Crippen LogP contribution in [0, 0.1) is 12.7 Å². The van der Waals surface area contributed by atoms with Crippen LogP contribution in [0.4, 0.5) is 17.6 Å². The van der Waals surface area contributed by atoms with Gasteiger partial charge < -0.3 is 0 Å². The van der Waals surface area contributed by atoms with Crippen LogP contribution in [0.15, 0.2) is 21.5 Å². The summed E-state index contributed by atoms with van der Waals surface area (Å²) in [6.07, 6.45) is -3.94. The maximum atomic E-state index is 13.3. The second-order valence-electron chi connectivity index (χ2n) is 3.61. The zero-order valence-electron chi connectivity index (χ0n) is 8.85. The average Bonchev–Trinajstić information content (AvgIpc) is 2.25. The van der Waals surface area contributed by atoms with Gasteiger partial charge in [-0.05, 0) is 34.5 Å². The van der Waals surface area contributed by atoms with Crippen molar-refractivity contribution < 1.29 is 17.6 Å². The highest BCUT2D eigenvalue weighted by atomic mass is 79.9. The van der Waals surface area contributed by atoms with Crippen LogP contribution in [0.2, 0.25) is 0 Å². The zero-order chi connectivity index (χ0) is 13.7. The van der Waals surface area contributed by atoms with E-state index in [4.69, 9.17) is 0 Å². The van der Waals surface area contributed by atoms with Crippen molar-refractivity contribution in [2.45, 2.75) is 13.1 Å². The molecule has 0 saturated heterocycles. The van der Waals surface area contributed by atoms with Crippen molar-refractivity contribution in [3.63, 3.8) is 0 Å². The SMILES string of the molecule is Cc1cc2nc(C(F)(F)F)c(Br)c(=O)n2cc1F. The van der Waals surface area contributed by atoms with Crippen LogP contribution in [0.25, 0.3) is 5.65 Å². The molecule has 2 rings (SSSR count). The van der Waals surface area contributed by atoms with E-state index < -0.39 is 27.7 Å². The predicted octanol–water partition coefficient (Wildman–Crippen LogP) is 2.92. The van der Waals surface area contributed by atoms with Crippen LogP contribution in [-0.2, 0) is 6.18 Å². The molecule has 0 bridgehead atoms. The van der Waals surface area contributed by atoms with E-state index in [0.29, 0.717) is 0 Å². The second-order valence-corrected chi connectivity index (χ2v) is 4.40. The van der Waals surface area contributed by atoms with Crippen molar-refractivity contribution in [1.82, 2.24) is 9.38 Å². The lowest BCUT2D eigenvalue weighted by Gasteiger charge is -2.10. The monoisotopic (exact) mass is 324 g/mol. The average molecular weight is 325 g/mol. The molecule has 0 unspecified atom stereocenters. The van der Waals surface area contributed by atoms with E-state index in [0.717, 1.165) is 16.7 Å². The minimum absolute atomic E-state index is 0.109. The molecule has 2 aromatic heterocycles. The topological polar surface area (TPSA) is 34.4 Å². The predicted molar refractivity (Wildman–Crippen MR) is 58.9 cm³/mol. The molecule has 0 aromatic carbocycles. The summed E-state index contributed by atoms with van der Waals surface area (Å²) in [6, 6.07) is 1.08. The quantitative estimate of drug-likeness (QED) is 0.698. The van der Waals surface area contributed by atoms with Gasteiger partial charge in [-0.25, -0.2) is 9.37 Å². The summed E-state index contributed by atoms with van der Waals surface area (Å²) in [7, 11) is 0. The van der Waals surface area contributed by atoms with Crippen LogP contribution < -0.4 is 5.56 Å². The normalized spacial score (nSPS) is 12.1. The molecule has 0 N–H and O–H groups in total. The molecular weight excluding hydrogens is 320 g/mol. The van der Waals surface area contributed by atoms with Gasteiger partial charge in [0, 0.05) is 0 Å². The molecular formula is C10H5BrF4N2O. The molecule has 2 aromatic rings. The van der Waals surface area contributed by atoms with Crippen molar-refractivity contribution in [2.24, 2.45) is 0 Å². The molecule has 96 valence electrons. The van der Waals surface area contributed by atoms with Crippen molar-refractivity contribution in [2.75, 3.05) is 0 Å². The third-order valence-electron chi connectivity index (χ3n) is 2.32. The summed E-state index contributed by atoms with van der Waals surface area (Å²) < 4.78 is 51.1. The minimum Gasteiger partial charge on any atom is -0.268 e. The maximum absolute atomic E-state index is 13.3. The van der Waals surface area contributed by atoms with Crippen molar-refractivity contribution in [3.05, 3.63) is 44.2 Å². The van der Waals surface area contributed by atoms with Crippen LogP contribution in [0.5, 0.6) is 0 Å². The van der Waals surface area contributed by atoms with Gasteiger partial charge in [0.05, 0.1) is 6.20 Å². The zero-order valence-corrected chi connectivity index (χ0v) is 10.4. The van der Waals surface area contributed by atoms with E-state index in [9.17, 15) is 22.4 Å². The highest BCUT2D eigenvalue weighted by molar-refractivity contribution is 9.10. The standard InChI is InChI=1S/C10H5BrF4N2O/c1-4-2-6-16-8(10(13,14)15)7(11)9(18)17(6)3-5(4)12/h2-3H,1H3. The smallest absolute Gasteiger partial charge is 0.268 e. The number of fused-ring (bicyclic) bond motifs is 1. The molecule has 0 saturated carbocycles. The lowest BCUT2D eigenvalue weighted by molar-refractivity contribution is -0.141. The number of aryl methyl sites for hydroxylation is 1. The van der Waals surface area contributed by atoms with Gasteiger partial charge in [0.1, 0.15) is 15.9 Å². The van der Waals surface area contributed by atoms with Gasteiger partial charge in [0.25, 0.3) is 5.56 Å². The van der Waals surface area contributed by atoms with Crippen molar-refractivity contribution >= 4 is 21.6 Å². The summed E-state index contributed by atoms with van der Waals surface area (Å²) in [5, 5.41) is 0. The summed E-state index contributed by atoms with van der Waals surface area (Å²) in [4.78, 5) is 15.0. The molecule has 8 heteroatoms. The Kier molecular flexibility index (Phi) is 2.92. The summed E-state index contributed by atoms with van der Waals surface area (Å²) in [5.41, 5.74) is -2.48. The maximum Gasteiger partial charge on any atom is 0.434 e. The second kappa shape index (κ2) is 4.04. The van der Waals surface area contributed by atoms with Crippen LogP contribution in [0.3, 0.4) is 0 Å². The summed E-state index contributed by atoms with van der Waals surface area (Å²) in [5.74, 6) is -0.696. The highest BCUT2D eigenvalue weighted by Crippen LogP contribution is 2.31. The van der Waals surface area contributed by atoms with Crippen molar-refractivity contribution in [1.29, 1.82) is 0 Å². The number of pyridine rings is 1. The van der Waals surface area contributed by atoms with Crippen LogP contribution >= 0.6 is 15.9 Å². The Morgan fingerprint density at radius 1 is 1.39 bits per heavy atom. The van der Waals surface area contributed by atoms with E-state index in [-0.39, 0.29) is 11.2 Å². The van der Waals surface area contributed by atoms with Gasteiger partial charge in [-0.2, -0.15) is 13.2 Å². The summed E-state index contributed by atoms with van der Waals surface area (Å²) >= 11 is 2.54. The van der Waals surface area contributed by atoms with Gasteiger partial charge in [-0.1, -0.05) is 0 Å². The molecule has 0 aliphatic heterocycles. The first-order valence-electron chi connectivity index (χ1n) is 4.67. The third kappa shape index (κ3) is 2.00. The number of alkyl halides is 3. The van der Waals surface area contributed by atoms with Gasteiger partial charge in [0.2, 0.25) is 0 Å². The first kappa shape index (κ1) is 13.0. The Bertz CT molecular complexity index is 693. The van der Waals surface area contributed by atoms with E-state index in [1.807, 2.05) is 0 Å². The van der Waals surface area contributed by atoms with Gasteiger partial charge in [0.15, 0.2) is 5.69 Å². The molecule has 2 heterocycles. The Labute approximate surface area is 106 Å². The first-order valence-corrected chi connectivity index (χ1v) is 5.46. The Morgan fingerprint density at radius 2 is 2.00 bits per heavy atom. The molecule has 3 nitrogen and oxygen atoms in total. The van der Waals surface area contributed by atoms with Crippen LogP contribution in [0.1, 0.15) is 11.3 Å². The Hall–Kier alpha value is -1.44. The summed E-state index contributed by atoms with van der Waals surface area (Å²) in [6.45, 7) is 1.37. The molecule has 0 aliphatic rings. The minimum atomic E-state index is -4.75. The van der Waals surface area contributed by atoms with Crippen molar-refractivity contribution in [3.8, 4) is 0 Å². The number of hydrogen-bond donors (Lipinski definition) is 0. The number of aromatic nitrogens is 2. The van der Waals surface area contributed by atoms with E-state index in [1.165, 1.54) is 6.92 Å². The number of rotatable bonds is 0. The molecule has 0 amide bonds. The Balaban J connectivity index is 2.93. The number of halogens is 5. The third-order valence-corrected chi connectivity index (χ3v) is 3.04. The fourth-order valence-corrected chi connectivity index (χ4v) is 1.93. The van der Waals surface area contributed by atoms with Gasteiger partial charge in [-0.15, -0.1) is 0 Å². The van der Waals surface area contributed by atoms with E-state index in [2.05, 4.69) is 20.9 Å². The van der Waals surface area contributed by atoms with Gasteiger partial charge in [-0.3, -0.25) is 9.20 Å². The molecule has 0 atom stereocenters. The lowest BCUT2D eigenvalue weighted by Crippen LogP contribution is -2.23. The first-order chi connectivity index (χ1) is 8.21. The van der Waals surface area contributed by atoms with E-state index >= 15 is 0 Å². The molecule has 0 fully saturated rings. The number of hydrogen-bond acceptors (Lipinski definition) is 2.